The maximum atomic E-state index is 12.0. The fraction of sp³-hybridized carbons (Fsp3) is 0.533. The molecule has 0 aliphatic carbocycles. The highest BCUT2D eigenvalue weighted by atomic mass is 127. The molecule has 0 saturated heterocycles. The predicted molar refractivity (Wildman–Crippen MR) is 86.5 cm³/mol. The van der Waals surface area contributed by atoms with Crippen molar-refractivity contribution in [3.8, 4) is 0 Å². The summed E-state index contributed by atoms with van der Waals surface area (Å²) in [4.78, 5) is 12.0. The standard InChI is InChI=1S/C15H20ClIO/c1-2-3-4-5-6-7-8-15(18)13-11-12(16)9-10-14(13)17/h9-11H,2-8H2,1H3. The normalized spacial score (nSPS) is 10.6. The Labute approximate surface area is 128 Å². The molecule has 0 radical (unpaired) electrons. The second-order valence-corrected chi connectivity index (χ2v) is 6.16. The summed E-state index contributed by atoms with van der Waals surface area (Å²) in [6.45, 7) is 2.21. The summed E-state index contributed by atoms with van der Waals surface area (Å²) in [5.41, 5.74) is 0.775. The van der Waals surface area contributed by atoms with Crippen molar-refractivity contribution in [3.63, 3.8) is 0 Å². The van der Waals surface area contributed by atoms with E-state index in [9.17, 15) is 4.79 Å². The highest BCUT2D eigenvalue weighted by Gasteiger charge is 2.10. The summed E-state index contributed by atoms with van der Waals surface area (Å²) in [5, 5.41) is 0.640. The summed E-state index contributed by atoms with van der Waals surface area (Å²) in [6.07, 6.45) is 7.89. The van der Waals surface area contributed by atoms with Gasteiger partial charge in [0.05, 0.1) is 0 Å². The number of unbranched alkanes of at least 4 members (excludes halogenated alkanes) is 5. The van der Waals surface area contributed by atoms with Crippen LogP contribution < -0.4 is 0 Å². The van der Waals surface area contributed by atoms with E-state index in [-0.39, 0.29) is 5.78 Å². The van der Waals surface area contributed by atoms with Gasteiger partial charge in [0.2, 0.25) is 0 Å². The minimum Gasteiger partial charge on any atom is -0.294 e. The molecule has 100 valence electrons. The first kappa shape index (κ1) is 16.0. The van der Waals surface area contributed by atoms with E-state index in [0.29, 0.717) is 11.4 Å². The molecule has 1 nitrogen and oxygen atoms in total. The van der Waals surface area contributed by atoms with Crippen molar-refractivity contribution < 1.29 is 4.79 Å². The van der Waals surface area contributed by atoms with Crippen LogP contribution in [0.2, 0.25) is 5.02 Å². The first-order chi connectivity index (χ1) is 8.65. The largest absolute Gasteiger partial charge is 0.294 e. The Morgan fingerprint density at radius 3 is 2.56 bits per heavy atom. The van der Waals surface area contributed by atoms with E-state index < -0.39 is 0 Å². The van der Waals surface area contributed by atoms with Gasteiger partial charge in [-0.25, -0.2) is 0 Å². The van der Waals surface area contributed by atoms with Gasteiger partial charge in [-0.15, -0.1) is 0 Å². The molecule has 0 spiro atoms. The van der Waals surface area contributed by atoms with Crippen molar-refractivity contribution in [3.05, 3.63) is 32.4 Å². The van der Waals surface area contributed by atoms with Crippen LogP contribution in [0.3, 0.4) is 0 Å². The Morgan fingerprint density at radius 2 is 1.83 bits per heavy atom. The van der Waals surface area contributed by atoms with Crippen LogP contribution in [0, 0.1) is 3.57 Å². The van der Waals surface area contributed by atoms with E-state index in [1.165, 1.54) is 25.7 Å². The molecule has 0 fully saturated rings. The molecule has 18 heavy (non-hydrogen) atoms. The first-order valence-electron chi connectivity index (χ1n) is 6.63. The molecule has 1 aromatic carbocycles. The molecule has 0 saturated carbocycles. The number of carbonyl (C=O) groups is 1. The van der Waals surface area contributed by atoms with Crippen molar-refractivity contribution in [1.29, 1.82) is 0 Å². The number of hydrogen-bond acceptors (Lipinski definition) is 1. The highest BCUT2D eigenvalue weighted by molar-refractivity contribution is 14.1. The zero-order valence-corrected chi connectivity index (χ0v) is 13.8. The number of benzene rings is 1. The first-order valence-corrected chi connectivity index (χ1v) is 8.09. The van der Waals surface area contributed by atoms with Crippen LogP contribution in [0.4, 0.5) is 0 Å². The average Bonchev–Trinajstić information content (AvgIpc) is 2.36. The van der Waals surface area contributed by atoms with Crippen molar-refractivity contribution in [2.75, 3.05) is 0 Å². The van der Waals surface area contributed by atoms with Crippen molar-refractivity contribution in [2.24, 2.45) is 0 Å². The SMILES string of the molecule is CCCCCCCCC(=O)c1cc(Cl)ccc1I. The van der Waals surface area contributed by atoms with Gasteiger partial charge in [0.25, 0.3) is 0 Å². The molecular weight excluding hydrogens is 359 g/mol. The summed E-state index contributed by atoms with van der Waals surface area (Å²) in [7, 11) is 0. The van der Waals surface area contributed by atoms with Crippen LogP contribution in [0.5, 0.6) is 0 Å². The lowest BCUT2D eigenvalue weighted by molar-refractivity contribution is 0.0978. The molecule has 0 atom stereocenters. The number of halogens is 2. The molecule has 0 aliphatic heterocycles. The summed E-state index contributed by atoms with van der Waals surface area (Å²) >= 11 is 8.12. The third-order valence-corrected chi connectivity index (χ3v) is 4.16. The maximum absolute atomic E-state index is 12.0. The van der Waals surface area contributed by atoms with E-state index in [4.69, 9.17) is 11.6 Å². The van der Waals surface area contributed by atoms with Crippen molar-refractivity contribution >= 4 is 40.0 Å². The monoisotopic (exact) mass is 378 g/mol. The van der Waals surface area contributed by atoms with E-state index >= 15 is 0 Å². The van der Waals surface area contributed by atoms with E-state index in [1.54, 1.807) is 6.07 Å². The number of rotatable bonds is 8. The Kier molecular flexibility index (Phi) is 7.91. The molecule has 0 aliphatic rings. The number of ketones is 1. The minimum absolute atomic E-state index is 0.220. The lowest BCUT2D eigenvalue weighted by Gasteiger charge is -2.04. The quantitative estimate of drug-likeness (QED) is 0.314. The molecule has 0 bridgehead atoms. The van der Waals surface area contributed by atoms with Gasteiger partial charge in [0, 0.05) is 20.6 Å². The molecule has 0 aromatic heterocycles. The third kappa shape index (κ3) is 5.70. The number of Topliss-reactive ketones (excluding diaryl/α,β-unsaturated/α-hetero) is 1. The zero-order valence-electron chi connectivity index (χ0n) is 10.8. The van der Waals surface area contributed by atoms with Crippen LogP contribution >= 0.6 is 34.2 Å². The van der Waals surface area contributed by atoms with Crippen LogP contribution in [0.15, 0.2) is 18.2 Å². The van der Waals surface area contributed by atoms with Gasteiger partial charge in [-0.3, -0.25) is 4.79 Å². The minimum atomic E-state index is 0.220. The number of hydrogen-bond donors (Lipinski definition) is 0. The summed E-state index contributed by atoms with van der Waals surface area (Å²) in [6, 6.07) is 5.50. The van der Waals surface area contributed by atoms with E-state index in [1.807, 2.05) is 12.1 Å². The zero-order chi connectivity index (χ0) is 13.4. The van der Waals surface area contributed by atoms with Gasteiger partial charge in [0.15, 0.2) is 5.78 Å². The molecule has 0 amide bonds. The topological polar surface area (TPSA) is 17.1 Å². The van der Waals surface area contributed by atoms with E-state index in [2.05, 4.69) is 29.5 Å². The molecule has 1 rings (SSSR count). The van der Waals surface area contributed by atoms with E-state index in [0.717, 1.165) is 22.0 Å². The predicted octanol–water partition coefficient (Wildman–Crippen LogP) is 5.88. The molecule has 0 unspecified atom stereocenters. The fourth-order valence-corrected chi connectivity index (χ4v) is 2.72. The Hall–Kier alpha value is -0.0900. The Bertz CT molecular complexity index is 390. The van der Waals surface area contributed by atoms with Crippen molar-refractivity contribution in [1.82, 2.24) is 0 Å². The van der Waals surface area contributed by atoms with Gasteiger partial charge in [-0.2, -0.15) is 0 Å². The van der Waals surface area contributed by atoms with Gasteiger partial charge >= 0.3 is 0 Å². The van der Waals surface area contributed by atoms with Crippen LogP contribution in [0.25, 0.3) is 0 Å². The van der Waals surface area contributed by atoms with Crippen LogP contribution in [-0.2, 0) is 0 Å². The average molecular weight is 379 g/mol. The van der Waals surface area contributed by atoms with Gasteiger partial charge < -0.3 is 0 Å². The second-order valence-electron chi connectivity index (χ2n) is 4.57. The van der Waals surface area contributed by atoms with Crippen molar-refractivity contribution in [2.45, 2.75) is 51.9 Å². The van der Waals surface area contributed by atoms with Gasteiger partial charge in [-0.1, -0.05) is 50.6 Å². The maximum Gasteiger partial charge on any atom is 0.163 e. The molecule has 3 heteroatoms. The third-order valence-electron chi connectivity index (χ3n) is 2.99. The van der Waals surface area contributed by atoms with Crippen LogP contribution in [0.1, 0.15) is 62.2 Å². The Morgan fingerprint density at radius 1 is 1.17 bits per heavy atom. The molecule has 1 aromatic rings. The molecular formula is C15H20ClIO. The Balaban J connectivity index is 2.34. The molecule has 0 heterocycles. The number of carbonyl (C=O) groups excluding carboxylic acids is 1. The lowest BCUT2D eigenvalue weighted by atomic mass is 10.0. The summed E-state index contributed by atoms with van der Waals surface area (Å²) in [5.74, 6) is 0.220. The lowest BCUT2D eigenvalue weighted by Crippen LogP contribution is -2.01. The summed E-state index contributed by atoms with van der Waals surface area (Å²) < 4.78 is 0.994. The smallest absolute Gasteiger partial charge is 0.163 e. The highest BCUT2D eigenvalue weighted by Crippen LogP contribution is 2.20. The molecule has 0 N–H and O–H groups in total. The second kappa shape index (κ2) is 8.92. The van der Waals surface area contributed by atoms with Crippen LogP contribution in [-0.4, -0.2) is 5.78 Å². The fourth-order valence-electron chi connectivity index (χ4n) is 1.91. The van der Waals surface area contributed by atoms with Gasteiger partial charge in [0.1, 0.15) is 0 Å². The van der Waals surface area contributed by atoms with Gasteiger partial charge in [-0.05, 0) is 47.2 Å².